The maximum absolute atomic E-state index is 5.41. The quantitative estimate of drug-likeness (QED) is 0.943. The van der Waals surface area contributed by atoms with Crippen molar-refractivity contribution in [3.63, 3.8) is 0 Å². The lowest BCUT2D eigenvalue weighted by molar-refractivity contribution is 0.0299. The predicted octanol–water partition coefficient (Wildman–Crippen LogP) is 2.72. The zero-order valence-corrected chi connectivity index (χ0v) is 12.5. The Balaban J connectivity index is 1.71. The van der Waals surface area contributed by atoms with Gasteiger partial charge >= 0.3 is 0 Å². The summed E-state index contributed by atoms with van der Waals surface area (Å²) >= 11 is 3.43. The molecule has 0 aliphatic carbocycles. The molecule has 3 heterocycles. The largest absolute Gasteiger partial charge is 0.381 e. The van der Waals surface area contributed by atoms with Crippen molar-refractivity contribution in [2.75, 3.05) is 25.1 Å². The van der Waals surface area contributed by atoms with Gasteiger partial charge < -0.3 is 10.1 Å². The maximum Gasteiger partial charge on any atom is 0.243 e. The highest BCUT2D eigenvalue weighted by Gasteiger charge is 2.27. The molecule has 0 unspecified atom stereocenters. The zero-order chi connectivity index (χ0) is 13.3. The second-order valence-corrected chi connectivity index (χ2v) is 6.28. The predicted molar refractivity (Wildman–Crippen MR) is 77.3 cm³/mol. The second-order valence-electron chi connectivity index (χ2n) is 5.36. The van der Waals surface area contributed by atoms with Gasteiger partial charge in [-0.25, -0.2) is 4.52 Å². The summed E-state index contributed by atoms with van der Waals surface area (Å²) in [5.41, 5.74) is 1.12. The molecule has 1 aliphatic heterocycles. The van der Waals surface area contributed by atoms with Crippen LogP contribution in [0.3, 0.4) is 0 Å². The number of ether oxygens (including phenoxy) is 1. The van der Waals surface area contributed by atoms with Gasteiger partial charge in [0.05, 0.1) is 0 Å². The van der Waals surface area contributed by atoms with Gasteiger partial charge in [0, 0.05) is 30.4 Å². The topological polar surface area (TPSA) is 51.5 Å². The highest BCUT2D eigenvalue weighted by atomic mass is 79.9. The van der Waals surface area contributed by atoms with E-state index in [1.807, 2.05) is 18.3 Å². The van der Waals surface area contributed by atoms with E-state index >= 15 is 0 Å². The van der Waals surface area contributed by atoms with Crippen molar-refractivity contribution in [3.05, 3.63) is 22.8 Å². The van der Waals surface area contributed by atoms with Crippen molar-refractivity contribution >= 4 is 27.5 Å². The molecule has 6 heteroatoms. The molecule has 0 amide bonds. The third-order valence-corrected chi connectivity index (χ3v) is 4.14. The molecular weight excluding hydrogens is 308 g/mol. The van der Waals surface area contributed by atoms with Crippen LogP contribution in [0.4, 0.5) is 5.95 Å². The van der Waals surface area contributed by atoms with Crippen molar-refractivity contribution in [2.24, 2.45) is 5.41 Å². The number of nitrogens with zero attached hydrogens (tertiary/aromatic N) is 3. The number of nitrogens with one attached hydrogen (secondary N) is 1. The molecule has 2 aromatic heterocycles. The molecule has 0 aromatic carbocycles. The highest BCUT2D eigenvalue weighted by molar-refractivity contribution is 9.10. The lowest BCUT2D eigenvalue weighted by atomic mass is 9.82. The van der Waals surface area contributed by atoms with E-state index in [0.29, 0.717) is 5.95 Å². The van der Waals surface area contributed by atoms with E-state index in [9.17, 15) is 0 Å². The van der Waals surface area contributed by atoms with Crippen LogP contribution in [0.15, 0.2) is 22.8 Å². The van der Waals surface area contributed by atoms with Gasteiger partial charge in [0.15, 0.2) is 5.65 Å². The Morgan fingerprint density at radius 1 is 1.42 bits per heavy atom. The van der Waals surface area contributed by atoms with Gasteiger partial charge in [0.25, 0.3) is 0 Å². The van der Waals surface area contributed by atoms with E-state index < -0.39 is 0 Å². The van der Waals surface area contributed by atoms with Gasteiger partial charge in [-0.2, -0.15) is 4.98 Å². The molecular formula is C13H17BrN4O. The van der Waals surface area contributed by atoms with Gasteiger partial charge in [-0.05, 0) is 46.3 Å². The van der Waals surface area contributed by atoms with E-state index in [-0.39, 0.29) is 5.41 Å². The number of rotatable bonds is 3. The highest BCUT2D eigenvalue weighted by Crippen LogP contribution is 2.29. The Morgan fingerprint density at radius 2 is 2.21 bits per heavy atom. The average molecular weight is 325 g/mol. The van der Waals surface area contributed by atoms with Crippen molar-refractivity contribution < 1.29 is 4.74 Å². The number of hydrogen-bond acceptors (Lipinski definition) is 4. The first-order valence-electron chi connectivity index (χ1n) is 6.48. The molecule has 19 heavy (non-hydrogen) atoms. The molecule has 1 N–H and O–H groups in total. The fourth-order valence-corrected chi connectivity index (χ4v) is 2.59. The molecule has 0 saturated carbocycles. The van der Waals surface area contributed by atoms with Gasteiger partial charge in [-0.15, -0.1) is 5.10 Å². The van der Waals surface area contributed by atoms with Crippen LogP contribution in [-0.4, -0.2) is 34.4 Å². The Labute approximate surface area is 120 Å². The number of anilines is 1. The minimum atomic E-state index is 0.274. The first kappa shape index (κ1) is 12.9. The third-order valence-electron chi connectivity index (χ3n) is 3.67. The van der Waals surface area contributed by atoms with Crippen LogP contribution in [-0.2, 0) is 4.74 Å². The van der Waals surface area contributed by atoms with Crippen molar-refractivity contribution in [1.82, 2.24) is 14.6 Å². The van der Waals surface area contributed by atoms with Gasteiger partial charge in [-0.1, -0.05) is 6.92 Å². The molecule has 1 saturated heterocycles. The van der Waals surface area contributed by atoms with E-state index in [2.05, 4.69) is 38.3 Å². The number of hydrogen-bond donors (Lipinski definition) is 1. The molecule has 0 atom stereocenters. The van der Waals surface area contributed by atoms with Crippen LogP contribution in [0.2, 0.25) is 0 Å². The average Bonchev–Trinajstić information content (AvgIpc) is 2.79. The molecule has 1 aliphatic rings. The summed E-state index contributed by atoms with van der Waals surface area (Å²) in [4.78, 5) is 4.46. The minimum absolute atomic E-state index is 0.274. The summed E-state index contributed by atoms with van der Waals surface area (Å²) in [5.74, 6) is 0.686. The van der Waals surface area contributed by atoms with Gasteiger partial charge in [0.1, 0.15) is 0 Å². The normalized spacial score (nSPS) is 18.6. The molecule has 102 valence electrons. The number of pyridine rings is 1. The second kappa shape index (κ2) is 5.09. The van der Waals surface area contributed by atoms with Crippen LogP contribution < -0.4 is 5.32 Å². The number of fused-ring (bicyclic) bond motifs is 1. The van der Waals surface area contributed by atoms with Crippen LogP contribution in [0.1, 0.15) is 19.8 Å². The Morgan fingerprint density at radius 3 is 3.00 bits per heavy atom. The standard InChI is InChI=1S/C13H17BrN4O/c1-13(4-6-19-7-5-13)9-15-12-16-11-3-2-10(14)8-18(11)17-12/h2-3,8H,4-7,9H2,1H3,(H,15,17). The molecule has 0 spiro atoms. The van der Waals surface area contributed by atoms with E-state index in [4.69, 9.17) is 4.74 Å². The van der Waals surface area contributed by atoms with Crippen molar-refractivity contribution in [3.8, 4) is 0 Å². The van der Waals surface area contributed by atoms with Crippen molar-refractivity contribution in [2.45, 2.75) is 19.8 Å². The number of aromatic nitrogens is 3. The Bertz CT molecular complexity index is 577. The molecule has 5 nitrogen and oxygen atoms in total. The van der Waals surface area contributed by atoms with Gasteiger partial charge in [-0.3, -0.25) is 0 Å². The molecule has 0 bridgehead atoms. The summed E-state index contributed by atoms with van der Waals surface area (Å²) in [5, 5.41) is 7.77. The number of halogens is 1. The lowest BCUT2D eigenvalue weighted by Crippen LogP contribution is -2.33. The Kier molecular flexibility index (Phi) is 3.45. The first-order valence-corrected chi connectivity index (χ1v) is 7.28. The Hall–Kier alpha value is -1.14. The first-order chi connectivity index (χ1) is 9.15. The molecule has 0 radical (unpaired) electrons. The van der Waals surface area contributed by atoms with E-state index in [1.165, 1.54) is 0 Å². The zero-order valence-electron chi connectivity index (χ0n) is 10.9. The monoisotopic (exact) mass is 324 g/mol. The minimum Gasteiger partial charge on any atom is -0.381 e. The molecule has 3 rings (SSSR count). The van der Waals surface area contributed by atoms with Crippen LogP contribution in [0, 0.1) is 5.41 Å². The summed E-state index contributed by atoms with van der Waals surface area (Å²) in [6.45, 7) is 4.87. The smallest absolute Gasteiger partial charge is 0.243 e. The van der Waals surface area contributed by atoms with Gasteiger partial charge in [0.2, 0.25) is 5.95 Å². The molecule has 1 fully saturated rings. The third kappa shape index (κ3) is 2.90. The van der Waals surface area contributed by atoms with Crippen molar-refractivity contribution in [1.29, 1.82) is 0 Å². The SMILES string of the molecule is CC1(CNc2nc3ccc(Br)cn3n2)CCOCC1. The summed E-state index contributed by atoms with van der Waals surface area (Å²) in [7, 11) is 0. The fraction of sp³-hybridized carbons (Fsp3) is 0.538. The van der Waals surface area contributed by atoms with E-state index in [0.717, 1.165) is 42.7 Å². The fourth-order valence-electron chi connectivity index (χ4n) is 2.27. The summed E-state index contributed by atoms with van der Waals surface area (Å²) in [6, 6.07) is 3.91. The maximum atomic E-state index is 5.41. The van der Waals surface area contributed by atoms with E-state index in [1.54, 1.807) is 4.52 Å². The summed E-state index contributed by atoms with van der Waals surface area (Å²) in [6.07, 6.45) is 4.07. The summed E-state index contributed by atoms with van der Waals surface area (Å²) < 4.78 is 8.18. The van der Waals surface area contributed by atoms with Crippen LogP contribution >= 0.6 is 15.9 Å². The van der Waals surface area contributed by atoms with Crippen LogP contribution in [0.25, 0.3) is 5.65 Å². The molecule has 2 aromatic rings. The van der Waals surface area contributed by atoms with Crippen LogP contribution in [0.5, 0.6) is 0 Å². The lowest BCUT2D eigenvalue weighted by Gasteiger charge is -2.33.